The molecule has 6 nitrogen and oxygen atoms in total. The number of nitriles is 1. The van der Waals surface area contributed by atoms with Crippen LogP contribution >= 0.6 is 0 Å². The lowest BCUT2D eigenvalue weighted by Crippen LogP contribution is -2.25. The molecule has 86 valence electrons. The van der Waals surface area contributed by atoms with Crippen molar-refractivity contribution in [1.82, 2.24) is 5.06 Å². The topological polar surface area (TPSA) is 107 Å². The van der Waals surface area contributed by atoms with Gasteiger partial charge in [-0.05, 0) is 25.0 Å². The van der Waals surface area contributed by atoms with E-state index < -0.39 is 11.8 Å². The van der Waals surface area contributed by atoms with Crippen molar-refractivity contribution in [3.63, 3.8) is 0 Å². The average Bonchev–Trinajstić information content (AvgIpc) is 2.52. The highest BCUT2D eigenvalue weighted by atomic mass is 16.5. The quantitative estimate of drug-likeness (QED) is 0.389. The lowest BCUT2D eigenvalue weighted by atomic mass is 9.92. The van der Waals surface area contributed by atoms with E-state index in [1.54, 1.807) is 13.8 Å². The molecule has 0 saturated carbocycles. The Morgan fingerprint density at radius 3 is 2.24 bits per heavy atom. The molecule has 0 atom stereocenters. The highest BCUT2D eigenvalue weighted by molar-refractivity contribution is 6.24. The number of nitrogen functional groups attached to an aromatic ring is 1. The molecule has 0 bridgehead atoms. The maximum Gasteiger partial charge on any atom is 0.287 e. The van der Waals surface area contributed by atoms with Crippen LogP contribution < -0.4 is 5.73 Å². The maximum absolute atomic E-state index is 11.6. The monoisotopic (exact) mass is 231 g/mol. The molecule has 1 aliphatic heterocycles. The van der Waals surface area contributed by atoms with Gasteiger partial charge in [0.05, 0.1) is 22.4 Å². The minimum Gasteiger partial charge on any atom is -0.397 e. The molecule has 0 aliphatic carbocycles. The van der Waals surface area contributed by atoms with Crippen molar-refractivity contribution in [3.05, 3.63) is 27.8 Å². The predicted molar refractivity (Wildman–Crippen MR) is 57.3 cm³/mol. The predicted octanol–water partition coefficient (Wildman–Crippen LogP) is 0.743. The standard InChI is InChI=1S/C11H9N3O3/c1-4-5(2)7-8(9(13)6(4)3-12)11(16)14(17)10(7)15/h17H,13H2,1-2H3. The summed E-state index contributed by atoms with van der Waals surface area (Å²) in [5.74, 6) is -1.69. The summed E-state index contributed by atoms with van der Waals surface area (Å²) in [6.45, 7) is 3.25. The molecule has 1 aromatic carbocycles. The van der Waals surface area contributed by atoms with Gasteiger partial charge in [-0.25, -0.2) is 0 Å². The lowest BCUT2D eigenvalue weighted by molar-refractivity contribution is -0.0327. The van der Waals surface area contributed by atoms with E-state index in [2.05, 4.69) is 0 Å². The second kappa shape index (κ2) is 3.30. The van der Waals surface area contributed by atoms with E-state index in [4.69, 9.17) is 11.0 Å². The normalized spacial score (nSPS) is 13.9. The van der Waals surface area contributed by atoms with Gasteiger partial charge in [0.25, 0.3) is 11.8 Å². The molecule has 1 heterocycles. The Hall–Kier alpha value is -2.39. The van der Waals surface area contributed by atoms with Crippen molar-refractivity contribution >= 4 is 17.5 Å². The Kier molecular flexibility index (Phi) is 2.16. The van der Waals surface area contributed by atoms with Gasteiger partial charge in [0.15, 0.2) is 0 Å². The van der Waals surface area contributed by atoms with E-state index in [0.29, 0.717) is 11.1 Å². The van der Waals surface area contributed by atoms with Gasteiger partial charge >= 0.3 is 0 Å². The molecule has 0 aromatic heterocycles. The lowest BCUT2D eigenvalue weighted by Gasteiger charge is -2.10. The van der Waals surface area contributed by atoms with Gasteiger partial charge in [-0.1, -0.05) is 0 Å². The molecule has 0 spiro atoms. The molecule has 1 aliphatic rings. The second-order valence-corrected chi connectivity index (χ2v) is 3.82. The van der Waals surface area contributed by atoms with Crippen molar-refractivity contribution in [2.45, 2.75) is 13.8 Å². The fraction of sp³-hybridized carbons (Fsp3) is 0.182. The molecular weight excluding hydrogens is 222 g/mol. The second-order valence-electron chi connectivity index (χ2n) is 3.82. The third-order valence-electron chi connectivity index (χ3n) is 3.03. The Morgan fingerprint density at radius 2 is 1.71 bits per heavy atom. The summed E-state index contributed by atoms with van der Waals surface area (Å²) >= 11 is 0. The summed E-state index contributed by atoms with van der Waals surface area (Å²) in [5, 5.41) is 18.3. The fourth-order valence-electron chi connectivity index (χ4n) is 1.96. The number of carbonyl (C=O) groups excluding carboxylic acids is 2. The van der Waals surface area contributed by atoms with Gasteiger partial charge in [0.1, 0.15) is 6.07 Å². The van der Waals surface area contributed by atoms with Crippen LogP contribution in [0.1, 0.15) is 37.4 Å². The molecule has 0 saturated heterocycles. The first-order chi connectivity index (χ1) is 7.91. The molecule has 1 aromatic rings. The van der Waals surface area contributed by atoms with Crippen molar-refractivity contribution < 1.29 is 14.8 Å². The zero-order valence-electron chi connectivity index (χ0n) is 9.24. The van der Waals surface area contributed by atoms with Gasteiger partial charge in [0, 0.05) is 0 Å². The van der Waals surface area contributed by atoms with Gasteiger partial charge in [0.2, 0.25) is 0 Å². The minimum atomic E-state index is -0.887. The first-order valence-corrected chi connectivity index (χ1v) is 4.82. The maximum atomic E-state index is 11.6. The third kappa shape index (κ3) is 1.17. The summed E-state index contributed by atoms with van der Waals surface area (Å²) in [7, 11) is 0. The highest BCUT2D eigenvalue weighted by Crippen LogP contribution is 2.34. The van der Waals surface area contributed by atoms with E-state index >= 15 is 0 Å². The van der Waals surface area contributed by atoms with Crippen LogP contribution in [-0.4, -0.2) is 22.1 Å². The first kappa shape index (κ1) is 11.1. The van der Waals surface area contributed by atoms with Crippen LogP contribution in [0.2, 0.25) is 0 Å². The molecular formula is C11H9N3O3. The van der Waals surface area contributed by atoms with Gasteiger partial charge in [-0.2, -0.15) is 5.26 Å². The van der Waals surface area contributed by atoms with Crippen LogP contribution in [0.15, 0.2) is 0 Å². The summed E-state index contributed by atoms with van der Waals surface area (Å²) in [4.78, 5) is 23.3. The van der Waals surface area contributed by atoms with Crippen LogP contribution in [0, 0.1) is 25.2 Å². The number of fused-ring (bicyclic) bond motifs is 1. The minimum absolute atomic E-state index is 0.0224. The van der Waals surface area contributed by atoms with Crippen LogP contribution in [0.5, 0.6) is 0 Å². The average molecular weight is 231 g/mol. The number of amides is 2. The summed E-state index contributed by atoms with van der Waals surface area (Å²) in [5.41, 5.74) is 6.82. The summed E-state index contributed by atoms with van der Waals surface area (Å²) in [6, 6.07) is 1.90. The van der Waals surface area contributed by atoms with E-state index in [1.807, 2.05) is 6.07 Å². The third-order valence-corrected chi connectivity index (χ3v) is 3.03. The zero-order valence-corrected chi connectivity index (χ0v) is 9.24. The van der Waals surface area contributed by atoms with Gasteiger partial charge in [-0.3, -0.25) is 14.8 Å². The molecule has 2 amide bonds. The largest absolute Gasteiger partial charge is 0.397 e. The Balaban J connectivity index is 2.95. The van der Waals surface area contributed by atoms with Crippen LogP contribution in [0.4, 0.5) is 5.69 Å². The molecule has 17 heavy (non-hydrogen) atoms. The number of hydrogen-bond acceptors (Lipinski definition) is 5. The van der Waals surface area contributed by atoms with Crippen LogP contribution in [0.3, 0.4) is 0 Å². The number of anilines is 1. The number of hydrogen-bond donors (Lipinski definition) is 2. The highest BCUT2D eigenvalue weighted by Gasteiger charge is 2.39. The number of nitrogens with zero attached hydrogens (tertiary/aromatic N) is 2. The fourth-order valence-corrected chi connectivity index (χ4v) is 1.96. The van der Waals surface area contributed by atoms with E-state index in [0.717, 1.165) is 0 Å². The molecule has 6 heteroatoms. The molecule has 0 radical (unpaired) electrons. The number of carbonyl (C=O) groups is 2. The number of imide groups is 1. The van der Waals surface area contributed by atoms with Gasteiger partial charge in [-0.15, -0.1) is 5.06 Å². The van der Waals surface area contributed by atoms with Crippen LogP contribution in [-0.2, 0) is 0 Å². The van der Waals surface area contributed by atoms with Crippen molar-refractivity contribution in [2.24, 2.45) is 0 Å². The Morgan fingerprint density at radius 1 is 1.18 bits per heavy atom. The van der Waals surface area contributed by atoms with Crippen molar-refractivity contribution in [2.75, 3.05) is 5.73 Å². The van der Waals surface area contributed by atoms with E-state index in [9.17, 15) is 14.8 Å². The number of rotatable bonds is 0. The number of hydroxylamine groups is 2. The molecule has 2 rings (SSSR count). The first-order valence-electron chi connectivity index (χ1n) is 4.82. The Bertz CT molecular complexity index is 614. The SMILES string of the molecule is Cc1c(C)c2c(c(N)c1C#N)C(=O)N(O)C2=O. The smallest absolute Gasteiger partial charge is 0.287 e. The number of nitrogens with two attached hydrogens (primary N) is 1. The summed E-state index contributed by atoms with van der Waals surface area (Å²) < 4.78 is 0. The zero-order chi connectivity index (χ0) is 12.9. The van der Waals surface area contributed by atoms with Gasteiger partial charge < -0.3 is 5.73 Å². The molecule has 0 unspecified atom stereocenters. The molecule has 3 N–H and O–H groups in total. The molecule has 0 fully saturated rings. The van der Waals surface area contributed by atoms with E-state index in [-0.39, 0.29) is 27.4 Å². The van der Waals surface area contributed by atoms with Crippen LogP contribution in [0.25, 0.3) is 0 Å². The van der Waals surface area contributed by atoms with Crippen molar-refractivity contribution in [3.8, 4) is 6.07 Å². The van der Waals surface area contributed by atoms with E-state index in [1.165, 1.54) is 0 Å². The van der Waals surface area contributed by atoms with Crippen molar-refractivity contribution in [1.29, 1.82) is 5.26 Å². The summed E-state index contributed by atoms with van der Waals surface area (Å²) in [6.07, 6.45) is 0. The number of benzene rings is 1. The Labute approximate surface area is 96.8 Å².